The molecule has 0 aliphatic rings. The number of nitrogens with zero attached hydrogens (tertiary/aromatic N) is 1. The molecule has 0 amide bonds. The van der Waals surface area contributed by atoms with Crippen molar-refractivity contribution in [2.45, 2.75) is 32.4 Å². The van der Waals surface area contributed by atoms with Crippen LogP contribution in [0.15, 0.2) is 0 Å². The van der Waals surface area contributed by atoms with Crippen molar-refractivity contribution < 1.29 is 4.74 Å². The highest BCUT2D eigenvalue weighted by atomic mass is 16.5. The summed E-state index contributed by atoms with van der Waals surface area (Å²) in [7, 11) is 5.91. The Morgan fingerprint density at radius 1 is 1.38 bits per heavy atom. The molecule has 1 N–H and O–H groups in total. The second-order valence-corrected chi connectivity index (χ2v) is 3.64. The summed E-state index contributed by atoms with van der Waals surface area (Å²) in [6.45, 7) is 6.40. The minimum Gasteiger partial charge on any atom is -0.385 e. The van der Waals surface area contributed by atoms with Gasteiger partial charge >= 0.3 is 0 Å². The summed E-state index contributed by atoms with van der Waals surface area (Å²) >= 11 is 0. The van der Waals surface area contributed by atoms with E-state index in [1.54, 1.807) is 7.11 Å². The van der Waals surface area contributed by atoms with Gasteiger partial charge in [-0.15, -0.1) is 0 Å². The van der Waals surface area contributed by atoms with Gasteiger partial charge in [0.1, 0.15) is 0 Å². The zero-order valence-corrected chi connectivity index (χ0v) is 9.63. The zero-order valence-electron chi connectivity index (χ0n) is 9.63. The van der Waals surface area contributed by atoms with Gasteiger partial charge in [0, 0.05) is 32.3 Å². The van der Waals surface area contributed by atoms with Crippen LogP contribution in [-0.4, -0.2) is 51.3 Å². The van der Waals surface area contributed by atoms with Gasteiger partial charge in [-0.2, -0.15) is 0 Å². The van der Waals surface area contributed by atoms with Crippen LogP contribution in [0.3, 0.4) is 0 Å². The van der Waals surface area contributed by atoms with Crippen LogP contribution in [0, 0.1) is 0 Å². The van der Waals surface area contributed by atoms with Crippen molar-refractivity contribution in [2.75, 3.05) is 34.4 Å². The highest BCUT2D eigenvalue weighted by Gasteiger charge is 2.14. The van der Waals surface area contributed by atoms with E-state index in [1.807, 2.05) is 7.05 Å². The molecule has 2 unspecified atom stereocenters. The molecular formula is C10H24N2O. The van der Waals surface area contributed by atoms with Crippen molar-refractivity contribution in [1.29, 1.82) is 0 Å². The van der Waals surface area contributed by atoms with Crippen LogP contribution in [0.2, 0.25) is 0 Å². The third kappa shape index (κ3) is 5.24. The number of methoxy groups -OCH3 is 1. The van der Waals surface area contributed by atoms with Gasteiger partial charge in [-0.05, 0) is 34.4 Å². The van der Waals surface area contributed by atoms with Crippen LogP contribution in [0.25, 0.3) is 0 Å². The highest BCUT2D eigenvalue weighted by Crippen LogP contribution is 2.01. The van der Waals surface area contributed by atoms with E-state index in [1.165, 1.54) is 0 Å². The van der Waals surface area contributed by atoms with Crippen molar-refractivity contribution >= 4 is 0 Å². The predicted molar refractivity (Wildman–Crippen MR) is 57.1 cm³/mol. The average molecular weight is 188 g/mol. The average Bonchev–Trinajstić information content (AvgIpc) is 2.15. The van der Waals surface area contributed by atoms with Crippen molar-refractivity contribution in [3.8, 4) is 0 Å². The molecule has 0 spiro atoms. The molecule has 0 aliphatic carbocycles. The maximum atomic E-state index is 5.02. The standard InChI is InChI=1S/C10H24N2O/c1-9(11-3)10(2)12(4)7-6-8-13-5/h9-11H,6-8H2,1-5H3. The number of hydrogen-bond acceptors (Lipinski definition) is 3. The first kappa shape index (κ1) is 12.9. The lowest BCUT2D eigenvalue weighted by atomic mass is 10.1. The quantitative estimate of drug-likeness (QED) is 0.602. The summed E-state index contributed by atoms with van der Waals surface area (Å²) in [4.78, 5) is 2.36. The third-order valence-electron chi connectivity index (χ3n) is 2.73. The highest BCUT2D eigenvalue weighted by molar-refractivity contribution is 4.73. The minimum atomic E-state index is 0.535. The first-order valence-electron chi connectivity index (χ1n) is 5.00. The molecule has 0 radical (unpaired) electrons. The molecule has 0 saturated heterocycles. The summed E-state index contributed by atoms with van der Waals surface area (Å²) in [5, 5.41) is 3.26. The molecule has 13 heavy (non-hydrogen) atoms. The summed E-state index contributed by atoms with van der Waals surface area (Å²) in [5.41, 5.74) is 0. The Balaban J connectivity index is 3.62. The molecule has 0 aliphatic heterocycles. The van der Waals surface area contributed by atoms with Crippen LogP contribution in [-0.2, 0) is 4.74 Å². The molecular weight excluding hydrogens is 164 g/mol. The van der Waals surface area contributed by atoms with Crippen LogP contribution in [0.5, 0.6) is 0 Å². The van der Waals surface area contributed by atoms with Gasteiger partial charge in [0.25, 0.3) is 0 Å². The van der Waals surface area contributed by atoms with Crippen LogP contribution in [0.4, 0.5) is 0 Å². The number of ether oxygens (including phenoxy) is 1. The molecule has 0 saturated carbocycles. The first-order chi connectivity index (χ1) is 6.13. The van der Waals surface area contributed by atoms with Gasteiger partial charge in [0.05, 0.1) is 0 Å². The molecule has 3 nitrogen and oxygen atoms in total. The largest absolute Gasteiger partial charge is 0.385 e. The topological polar surface area (TPSA) is 24.5 Å². The smallest absolute Gasteiger partial charge is 0.0474 e. The van der Waals surface area contributed by atoms with Crippen LogP contribution < -0.4 is 5.32 Å². The Kier molecular flexibility index (Phi) is 7.23. The van der Waals surface area contributed by atoms with Crippen LogP contribution in [0.1, 0.15) is 20.3 Å². The molecule has 0 heterocycles. The Morgan fingerprint density at radius 3 is 2.46 bits per heavy atom. The fourth-order valence-electron chi connectivity index (χ4n) is 1.28. The molecule has 80 valence electrons. The lowest BCUT2D eigenvalue weighted by Gasteiger charge is -2.29. The van der Waals surface area contributed by atoms with Gasteiger partial charge < -0.3 is 15.0 Å². The van der Waals surface area contributed by atoms with E-state index in [0.717, 1.165) is 19.6 Å². The van der Waals surface area contributed by atoms with E-state index >= 15 is 0 Å². The minimum absolute atomic E-state index is 0.535. The molecule has 0 rings (SSSR count). The third-order valence-corrected chi connectivity index (χ3v) is 2.73. The lowest BCUT2D eigenvalue weighted by molar-refractivity contribution is 0.159. The monoisotopic (exact) mass is 188 g/mol. The summed E-state index contributed by atoms with van der Waals surface area (Å²) in [5.74, 6) is 0. The van der Waals surface area contributed by atoms with Crippen LogP contribution >= 0.6 is 0 Å². The summed E-state index contributed by atoms with van der Waals surface area (Å²) in [6.07, 6.45) is 1.10. The van der Waals surface area contributed by atoms with E-state index in [0.29, 0.717) is 12.1 Å². The fraction of sp³-hybridized carbons (Fsp3) is 1.00. The predicted octanol–water partition coefficient (Wildman–Crippen LogP) is 0.951. The molecule has 0 bridgehead atoms. The molecule has 0 fully saturated rings. The van der Waals surface area contributed by atoms with Crippen molar-refractivity contribution in [2.24, 2.45) is 0 Å². The number of rotatable bonds is 7. The Labute approximate surface area is 82.4 Å². The normalized spacial score (nSPS) is 16.2. The van der Waals surface area contributed by atoms with Crippen molar-refractivity contribution in [3.63, 3.8) is 0 Å². The first-order valence-corrected chi connectivity index (χ1v) is 5.00. The molecule has 0 aromatic carbocycles. The summed E-state index contributed by atoms with van der Waals surface area (Å²) in [6, 6.07) is 1.11. The molecule has 3 heteroatoms. The Hall–Kier alpha value is -0.120. The maximum Gasteiger partial charge on any atom is 0.0474 e. The number of hydrogen-bond donors (Lipinski definition) is 1. The molecule has 0 aromatic heterocycles. The zero-order chi connectivity index (χ0) is 10.3. The van der Waals surface area contributed by atoms with E-state index in [4.69, 9.17) is 4.74 Å². The second-order valence-electron chi connectivity index (χ2n) is 3.64. The van der Waals surface area contributed by atoms with Gasteiger partial charge in [-0.1, -0.05) is 0 Å². The Bertz CT molecular complexity index is 119. The second kappa shape index (κ2) is 7.30. The van der Waals surface area contributed by atoms with Gasteiger partial charge in [-0.25, -0.2) is 0 Å². The van der Waals surface area contributed by atoms with Gasteiger partial charge in [-0.3, -0.25) is 0 Å². The van der Waals surface area contributed by atoms with E-state index in [-0.39, 0.29) is 0 Å². The van der Waals surface area contributed by atoms with Crippen molar-refractivity contribution in [1.82, 2.24) is 10.2 Å². The number of likely N-dealkylation sites (N-methyl/N-ethyl adjacent to an activating group) is 2. The van der Waals surface area contributed by atoms with Gasteiger partial charge in [0.2, 0.25) is 0 Å². The molecule has 2 atom stereocenters. The van der Waals surface area contributed by atoms with E-state index < -0.39 is 0 Å². The number of nitrogens with one attached hydrogen (secondary N) is 1. The summed E-state index contributed by atoms with van der Waals surface area (Å²) < 4.78 is 5.02. The van der Waals surface area contributed by atoms with E-state index in [9.17, 15) is 0 Å². The van der Waals surface area contributed by atoms with Gasteiger partial charge in [0.15, 0.2) is 0 Å². The fourth-order valence-corrected chi connectivity index (χ4v) is 1.28. The lowest BCUT2D eigenvalue weighted by Crippen LogP contribution is -2.44. The van der Waals surface area contributed by atoms with E-state index in [2.05, 4.69) is 31.1 Å². The van der Waals surface area contributed by atoms with Crippen molar-refractivity contribution in [3.05, 3.63) is 0 Å². The Morgan fingerprint density at radius 2 is 2.00 bits per heavy atom. The SMILES string of the molecule is CNC(C)C(C)N(C)CCCOC. The maximum absolute atomic E-state index is 5.02. The molecule has 0 aromatic rings.